The van der Waals surface area contributed by atoms with Crippen LogP contribution in [0.4, 0.5) is 4.79 Å². The summed E-state index contributed by atoms with van der Waals surface area (Å²) in [5.74, 6) is -5.59. The van der Waals surface area contributed by atoms with Crippen molar-refractivity contribution in [3.63, 3.8) is 0 Å². The molecule has 0 unspecified atom stereocenters. The average molecular weight is 1360 g/mol. The molecule has 3 atom stereocenters. The Hall–Kier alpha value is -5.55. The normalized spacial score (nSPS) is 20.2. The molecule has 4 saturated heterocycles. The smallest absolute Gasteiger partial charge is 0.317 e. The van der Waals surface area contributed by atoms with Crippen molar-refractivity contribution in [2.75, 3.05) is 215 Å². The highest BCUT2D eigenvalue weighted by Gasteiger charge is 2.42. The van der Waals surface area contributed by atoms with E-state index in [2.05, 4.69) is 36.8 Å². The maximum atomic E-state index is 13.3. The number of rotatable bonds is 45. The molecule has 4 aliphatic heterocycles. The molecule has 4 fully saturated rings. The lowest BCUT2D eigenvalue weighted by molar-refractivity contribution is -0.140. The third-order valence-corrected chi connectivity index (χ3v) is 19.0. The third kappa shape index (κ3) is 38.9. The number of hydrogen-bond acceptors (Lipinski definition) is 21. The summed E-state index contributed by atoms with van der Waals surface area (Å²) in [6.45, 7) is 8.62. The van der Waals surface area contributed by atoms with Crippen LogP contribution in [0.5, 0.6) is 0 Å². The van der Waals surface area contributed by atoms with Gasteiger partial charge in [0.2, 0.25) is 17.7 Å². The zero-order valence-corrected chi connectivity index (χ0v) is 56.4. The van der Waals surface area contributed by atoms with E-state index in [-0.39, 0.29) is 147 Å². The van der Waals surface area contributed by atoms with E-state index >= 15 is 0 Å². The number of aliphatic carboxylic acids is 6. The van der Waals surface area contributed by atoms with Gasteiger partial charge in [0.05, 0.1) is 71.0 Å². The molecular formula is C62H113N15O16S. The minimum absolute atomic E-state index is 0.0178. The predicted molar refractivity (Wildman–Crippen MR) is 355 cm³/mol. The van der Waals surface area contributed by atoms with Gasteiger partial charge in [-0.25, -0.2) is 4.79 Å². The monoisotopic (exact) mass is 1360 g/mol. The molecule has 0 aromatic carbocycles. The highest BCUT2D eigenvalue weighted by Crippen LogP contribution is 2.33. The first kappa shape index (κ1) is 80.9. The molecule has 4 rings (SSSR count). The molecule has 0 spiro atoms. The van der Waals surface area contributed by atoms with Crippen LogP contribution in [-0.4, -0.2) is 367 Å². The van der Waals surface area contributed by atoms with Crippen LogP contribution in [-0.2, 0) is 43.2 Å². The number of carbonyl (C=O) groups excluding carboxylic acids is 4. The van der Waals surface area contributed by atoms with Gasteiger partial charge in [0.15, 0.2) is 0 Å². The van der Waals surface area contributed by atoms with Gasteiger partial charge in [-0.3, -0.25) is 87.3 Å². The summed E-state index contributed by atoms with van der Waals surface area (Å²) < 4.78 is 0. The zero-order valence-electron chi connectivity index (χ0n) is 55.6. The quantitative estimate of drug-likeness (QED) is 0.0246. The summed E-state index contributed by atoms with van der Waals surface area (Å²) in [7, 11) is 0. The summed E-state index contributed by atoms with van der Waals surface area (Å²) in [4.78, 5) is 138. The van der Waals surface area contributed by atoms with E-state index in [0.717, 1.165) is 115 Å². The van der Waals surface area contributed by atoms with Crippen molar-refractivity contribution in [3.8, 4) is 0 Å². The van der Waals surface area contributed by atoms with Crippen molar-refractivity contribution >= 4 is 71.3 Å². The molecule has 0 aromatic rings. The second-order valence-electron chi connectivity index (χ2n) is 25.4. The van der Waals surface area contributed by atoms with Crippen LogP contribution in [0.3, 0.4) is 0 Å². The number of fused-ring (bicyclic) bond motifs is 1. The fraction of sp³-hybridized carbons (Fsp3) is 0.839. The van der Waals surface area contributed by atoms with Gasteiger partial charge in [0.1, 0.15) is 0 Å². The second-order valence-corrected chi connectivity index (χ2v) is 26.6. The maximum Gasteiger partial charge on any atom is 0.317 e. The fourth-order valence-electron chi connectivity index (χ4n) is 12.2. The summed E-state index contributed by atoms with van der Waals surface area (Å²) in [6, 6.07) is 0.490. The Morgan fingerprint density at radius 1 is 0.372 bits per heavy atom. The number of hydrogen-bond donors (Lipinski definition) is 12. The van der Waals surface area contributed by atoms with Gasteiger partial charge >= 0.3 is 41.8 Å². The molecular weight excluding hydrogens is 1240 g/mol. The molecule has 94 heavy (non-hydrogen) atoms. The molecule has 0 radical (unpaired) electrons. The van der Waals surface area contributed by atoms with Crippen LogP contribution in [0.15, 0.2) is 0 Å². The van der Waals surface area contributed by atoms with Crippen LogP contribution in [0.1, 0.15) is 103 Å². The molecule has 0 bridgehead atoms. The SMILES string of the molecule is O=C(O)CN1CCN(CC(=O)O)CCN(CC(=O)NCCCCCCN(CCCCCCNC(=O)CN2CCN(CC(=O)O)CCN(CC(=O)O)CCN(CC(=O)O)CC2)CC(=O)NCCCCCCNCCCCC[C@@H]2SC[C@@H]3NC(=O)N[C@@H]32)CCN(CC(=O)O)CC1. The van der Waals surface area contributed by atoms with Crippen molar-refractivity contribution in [3.05, 3.63) is 0 Å². The lowest BCUT2D eigenvalue weighted by Gasteiger charge is -2.32. The van der Waals surface area contributed by atoms with Crippen LogP contribution in [0, 0.1) is 0 Å². The number of nitrogens with zero attached hydrogens (tertiary/aromatic N) is 9. The van der Waals surface area contributed by atoms with Gasteiger partial charge in [-0.05, 0) is 77.5 Å². The number of nitrogens with one attached hydrogen (secondary N) is 6. The number of amides is 5. The van der Waals surface area contributed by atoms with Gasteiger partial charge < -0.3 is 62.5 Å². The van der Waals surface area contributed by atoms with Crippen LogP contribution >= 0.6 is 11.8 Å². The summed E-state index contributed by atoms with van der Waals surface area (Å²) in [5, 5.41) is 76.5. The van der Waals surface area contributed by atoms with E-state index in [1.807, 2.05) is 21.6 Å². The van der Waals surface area contributed by atoms with E-state index in [0.29, 0.717) is 90.3 Å². The molecule has 31 nitrogen and oxygen atoms in total. The van der Waals surface area contributed by atoms with E-state index in [1.165, 1.54) is 6.42 Å². The van der Waals surface area contributed by atoms with Gasteiger partial charge in [0.25, 0.3) is 0 Å². The number of urea groups is 1. The van der Waals surface area contributed by atoms with Crippen LogP contribution in [0.25, 0.3) is 0 Å². The highest BCUT2D eigenvalue weighted by atomic mass is 32.2. The Morgan fingerprint density at radius 2 is 0.660 bits per heavy atom. The van der Waals surface area contributed by atoms with E-state index in [9.17, 15) is 78.6 Å². The number of carbonyl (C=O) groups is 10. The Bertz CT molecular complexity index is 2110. The molecule has 0 aromatic heterocycles. The Balaban J connectivity index is 1.19. The first-order valence-corrected chi connectivity index (χ1v) is 35.3. The third-order valence-electron chi connectivity index (χ3n) is 17.4. The highest BCUT2D eigenvalue weighted by molar-refractivity contribution is 8.00. The van der Waals surface area contributed by atoms with Crippen molar-refractivity contribution < 1.29 is 78.6 Å². The Labute approximate surface area is 559 Å². The van der Waals surface area contributed by atoms with Crippen molar-refractivity contribution in [1.82, 2.24) is 76.0 Å². The van der Waals surface area contributed by atoms with E-state index in [1.54, 1.807) is 29.4 Å². The predicted octanol–water partition coefficient (Wildman–Crippen LogP) is -1.42. The minimum Gasteiger partial charge on any atom is -0.480 e. The van der Waals surface area contributed by atoms with Crippen molar-refractivity contribution in [2.24, 2.45) is 0 Å². The molecule has 0 aliphatic carbocycles. The lowest BCUT2D eigenvalue weighted by atomic mass is 10.0. The van der Waals surface area contributed by atoms with E-state index in [4.69, 9.17) is 0 Å². The lowest BCUT2D eigenvalue weighted by Crippen LogP contribution is -2.49. The number of thioether (sulfide) groups is 1. The molecule has 12 N–H and O–H groups in total. The maximum absolute atomic E-state index is 13.3. The average Bonchev–Trinajstić information content (AvgIpc) is 1.68. The van der Waals surface area contributed by atoms with Crippen LogP contribution < -0.4 is 31.9 Å². The summed E-state index contributed by atoms with van der Waals surface area (Å²) in [5.41, 5.74) is 0. The first-order chi connectivity index (χ1) is 45.2. The summed E-state index contributed by atoms with van der Waals surface area (Å²) in [6.07, 6.45) is 15.3. The van der Waals surface area contributed by atoms with Gasteiger partial charge in [-0.1, -0.05) is 51.4 Å². The molecule has 538 valence electrons. The molecule has 0 saturated carbocycles. The van der Waals surface area contributed by atoms with E-state index < -0.39 is 35.8 Å². The number of unbranched alkanes of at least 4 members (excludes halogenated alkanes) is 11. The minimum atomic E-state index is -1.03. The van der Waals surface area contributed by atoms with Gasteiger partial charge in [-0.15, -0.1) is 0 Å². The fourth-order valence-corrected chi connectivity index (χ4v) is 13.7. The first-order valence-electron chi connectivity index (χ1n) is 34.2. The van der Waals surface area contributed by atoms with Crippen molar-refractivity contribution in [1.29, 1.82) is 0 Å². The second kappa shape index (κ2) is 48.2. The standard InChI is InChI=1S/C62H113N15O16S/c78-52(64-19-11-2-1-9-17-63-18-10-7-8-16-51-61-50(49-94-51)67-62(93)68-61)40-69(22-14-5-3-12-20-65-53(79)41-70-24-28-72(43-55(81)82)32-36-76(47-59(89)90)37-33-73(29-25-70)44-56(83)84)23-15-6-4-13-21-66-54(80)42-71-26-30-74(45-57(85)86)34-38-77(48-60(91)92)39-35-75(31-27-71)46-58(87)88/h50-51,61,63H,1-49H2,(H,64,78)(H,65,79)(H,66,80)(H,81,82)(H,83,84)(H,85,86)(H,87,88)(H,89,90)(H,91,92)(H2,67,68,93)/t50-,51-,61-/m0/s1. The van der Waals surface area contributed by atoms with Gasteiger partial charge in [-0.2, -0.15) is 11.8 Å². The Kier molecular flexibility index (Phi) is 41.5. The number of carboxylic acids is 6. The molecule has 4 heterocycles. The molecule has 5 amide bonds. The molecule has 4 aliphatic rings. The van der Waals surface area contributed by atoms with Crippen LogP contribution in [0.2, 0.25) is 0 Å². The Morgan fingerprint density at radius 3 is 0.989 bits per heavy atom. The number of carboxylic acid groups (broad SMARTS) is 6. The molecule has 32 heteroatoms. The topological polar surface area (TPSA) is 393 Å². The van der Waals surface area contributed by atoms with Crippen molar-refractivity contribution in [2.45, 2.75) is 120 Å². The van der Waals surface area contributed by atoms with Gasteiger partial charge in [0, 0.05) is 135 Å². The largest absolute Gasteiger partial charge is 0.480 e. The summed E-state index contributed by atoms with van der Waals surface area (Å²) >= 11 is 1.96. The zero-order chi connectivity index (χ0) is 68.3.